The number of hydrogen-bond acceptors (Lipinski definition) is 2. The van der Waals surface area contributed by atoms with Gasteiger partial charge in [-0.15, -0.1) is 0 Å². The second-order valence-electron chi connectivity index (χ2n) is 6.32. The number of aromatic carboxylic acids is 1. The molecule has 5 nitrogen and oxygen atoms in total. The van der Waals surface area contributed by atoms with Crippen molar-refractivity contribution in [2.24, 2.45) is 0 Å². The van der Waals surface area contributed by atoms with Crippen LogP contribution in [0.5, 0.6) is 0 Å². The molecule has 136 valence electrons. The monoisotopic (exact) mass is 368 g/mol. The molecule has 1 atom stereocenters. The number of aromatic nitrogens is 1. The Hall–Kier alpha value is -3.48. The summed E-state index contributed by atoms with van der Waals surface area (Å²) in [5, 5.41) is 12.1. The molecule has 0 saturated heterocycles. The maximum atomic E-state index is 13.8. The quantitative estimate of drug-likeness (QED) is 0.736. The van der Waals surface area contributed by atoms with Crippen molar-refractivity contribution in [1.82, 2.24) is 4.57 Å². The molecule has 0 aliphatic carbocycles. The van der Waals surface area contributed by atoms with Crippen LogP contribution in [0.2, 0.25) is 0 Å². The zero-order valence-electron chi connectivity index (χ0n) is 13.9. The molecule has 0 spiro atoms. The van der Waals surface area contributed by atoms with Gasteiger partial charge in [0.15, 0.2) is 0 Å². The van der Waals surface area contributed by atoms with Crippen LogP contribution in [0.15, 0.2) is 54.7 Å². The lowest BCUT2D eigenvalue weighted by Crippen LogP contribution is -2.25. The molecule has 2 heterocycles. The van der Waals surface area contributed by atoms with Gasteiger partial charge in [0.05, 0.1) is 11.4 Å². The topological polar surface area (TPSA) is 71.3 Å². The summed E-state index contributed by atoms with van der Waals surface area (Å²) in [5.41, 5.74) is 1.47. The molecule has 3 aromatic rings. The van der Waals surface area contributed by atoms with Crippen LogP contribution in [0.25, 0.3) is 5.69 Å². The summed E-state index contributed by atoms with van der Waals surface area (Å²) in [6.45, 7) is 0. The van der Waals surface area contributed by atoms with Crippen LogP contribution in [-0.2, 0) is 4.79 Å². The number of nitrogens with zero attached hydrogens (tertiary/aromatic N) is 1. The smallest absolute Gasteiger partial charge is 0.339 e. The van der Waals surface area contributed by atoms with Crippen molar-refractivity contribution in [1.29, 1.82) is 0 Å². The molecule has 0 saturated carbocycles. The Morgan fingerprint density at radius 1 is 1.11 bits per heavy atom. The minimum Gasteiger partial charge on any atom is -0.478 e. The molecule has 0 bridgehead atoms. The molecule has 7 heteroatoms. The van der Waals surface area contributed by atoms with E-state index in [0.717, 1.165) is 0 Å². The van der Waals surface area contributed by atoms with E-state index in [1.165, 1.54) is 47.2 Å². The molecule has 27 heavy (non-hydrogen) atoms. The highest BCUT2D eigenvalue weighted by atomic mass is 19.1. The van der Waals surface area contributed by atoms with Gasteiger partial charge in [0.1, 0.15) is 17.2 Å². The van der Waals surface area contributed by atoms with Crippen molar-refractivity contribution >= 4 is 17.6 Å². The molecule has 1 unspecified atom stereocenters. The van der Waals surface area contributed by atoms with Crippen LogP contribution in [0.3, 0.4) is 0 Å². The highest BCUT2D eigenvalue weighted by Crippen LogP contribution is 2.41. The third-order valence-corrected chi connectivity index (χ3v) is 4.60. The Morgan fingerprint density at radius 2 is 1.81 bits per heavy atom. The van der Waals surface area contributed by atoms with Gasteiger partial charge in [-0.25, -0.2) is 13.6 Å². The minimum absolute atomic E-state index is 0.0227. The van der Waals surface area contributed by atoms with Crippen LogP contribution in [0.4, 0.5) is 14.5 Å². The summed E-state index contributed by atoms with van der Waals surface area (Å²) in [6, 6.07) is 11.5. The van der Waals surface area contributed by atoms with Crippen LogP contribution in [0.1, 0.15) is 34.0 Å². The number of benzene rings is 2. The largest absolute Gasteiger partial charge is 0.478 e. The van der Waals surface area contributed by atoms with Gasteiger partial charge in [0, 0.05) is 24.2 Å². The minimum atomic E-state index is -1.22. The number of nitrogens with one attached hydrogen (secondary N) is 1. The predicted octanol–water partition coefficient (Wildman–Crippen LogP) is 3.93. The summed E-state index contributed by atoms with van der Waals surface area (Å²) in [6.07, 6.45) is 1.37. The average Bonchev–Trinajstić information content (AvgIpc) is 3.00. The highest BCUT2D eigenvalue weighted by molar-refractivity contribution is 6.04. The van der Waals surface area contributed by atoms with Crippen LogP contribution < -0.4 is 5.32 Å². The number of carbonyl (C=O) groups is 2. The van der Waals surface area contributed by atoms with E-state index in [1.54, 1.807) is 12.1 Å². The molecule has 1 aliphatic heterocycles. The zero-order chi connectivity index (χ0) is 19.1. The fourth-order valence-electron chi connectivity index (χ4n) is 3.47. The third kappa shape index (κ3) is 2.97. The maximum Gasteiger partial charge on any atom is 0.339 e. The van der Waals surface area contributed by atoms with E-state index in [-0.39, 0.29) is 23.6 Å². The first kappa shape index (κ1) is 17.0. The molecule has 1 amide bonds. The number of amides is 1. The Bertz CT molecular complexity index is 1070. The van der Waals surface area contributed by atoms with Crippen molar-refractivity contribution in [3.05, 3.63) is 83.2 Å². The van der Waals surface area contributed by atoms with E-state index in [0.29, 0.717) is 16.9 Å². The predicted molar refractivity (Wildman–Crippen MR) is 94.2 cm³/mol. The maximum absolute atomic E-state index is 13.8. The van der Waals surface area contributed by atoms with Crippen molar-refractivity contribution < 1.29 is 23.5 Å². The number of rotatable bonds is 3. The zero-order valence-corrected chi connectivity index (χ0v) is 13.9. The fourth-order valence-corrected chi connectivity index (χ4v) is 3.47. The number of carboxylic acid groups (broad SMARTS) is 1. The standard InChI is InChI=1S/C20H14F2N2O3/c21-12-4-1-3-11(7-12)15-9-17(25)23-18-16(20(26)27)10-24(19(15)18)14-6-2-5-13(22)8-14/h1-8,10,15H,9H2,(H,23,25)(H,26,27). The van der Waals surface area contributed by atoms with E-state index >= 15 is 0 Å². The van der Waals surface area contributed by atoms with E-state index in [4.69, 9.17) is 0 Å². The number of carboxylic acids is 1. The van der Waals surface area contributed by atoms with Gasteiger partial charge in [-0.1, -0.05) is 18.2 Å². The average molecular weight is 368 g/mol. The lowest BCUT2D eigenvalue weighted by Gasteiger charge is -2.26. The van der Waals surface area contributed by atoms with E-state index in [9.17, 15) is 23.5 Å². The lowest BCUT2D eigenvalue weighted by molar-refractivity contribution is -0.116. The second kappa shape index (κ2) is 6.35. The molecule has 0 radical (unpaired) electrons. The van der Waals surface area contributed by atoms with Gasteiger partial charge >= 0.3 is 5.97 Å². The van der Waals surface area contributed by atoms with Gasteiger partial charge in [-0.3, -0.25) is 4.79 Å². The highest BCUT2D eigenvalue weighted by Gasteiger charge is 2.34. The van der Waals surface area contributed by atoms with Gasteiger partial charge in [-0.05, 0) is 35.9 Å². The first-order valence-corrected chi connectivity index (χ1v) is 8.24. The molecule has 4 rings (SSSR count). The van der Waals surface area contributed by atoms with Crippen molar-refractivity contribution in [2.75, 3.05) is 5.32 Å². The third-order valence-electron chi connectivity index (χ3n) is 4.60. The SMILES string of the molecule is O=C1CC(c2cccc(F)c2)c2c(c(C(=O)O)cn2-c2cccc(F)c2)N1. The van der Waals surface area contributed by atoms with Crippen LogP contribution in [0, 0.1) is 11.6 Å². The van der Waals surface area contributed by atoms with Gasteiger partial charge in [0.2, 0.25) is 5.91 Å². The molecule has 1 aliphatic rings. The van der Waals surface area contributed by atoms with E-state index in [1.807, 2.05) is 0 Å². The summed E-state index contributed by atoms with van der Waals surface area (Å²) in [5.74, 6) is -3.09. The molecule has 2 N–H and O–H groups in total. The molecular weight excluding hydrogens is 354 g/mol. The van der Waals surface area contributed by atoms with Gasteiger partial charge < -0.3 is 15.0 Å². The number of anilines is 1. The molecule has 2 aromatic carbocycles. The molecule has 0 fully saturated rings. The number of fused-ring (bicyclic) bond motifs is 1. The Kier molecular flexibility index (Phi) is 3.99. The second-order valence-corrected chi connectivity index (χ2v) is 6.32. The summed E-state index contributed by atoms with van der Waals surface area (Å²) < 4.78 is 29.0. The Labute approximate surface area is 152 Å². The number of hydrogen-bond donors (Lipinski definition) is 2. The van der Waals surface area contributed by atoms with E-state index in [2.05, 4.69) is 5.32 Å². The van der Waals surface area contributed by atoms with Crippen molar-refractivity contribution in [3.63, 3.8) is 0 Å². The summed E-state index contributed by atoms with van der Waals surface area (Å²) in [4.78, 5) is 23.9. The first-order valence-electron chi connectivity index (χ1n) is 8.24. The van der Waals surface area contributed by atoms with Crippen molar-refractivity contribution in [3.8, 4) is 5.69 Å². The van der Waals surface area contributed by atoms with Crippen molar-refractivity contribution in [2.45, 2.75) is 12.3 Å². The van der Waals surface area contributed by atoms with Gasteiger partial charge in [-0.2, -0.15) is 0 Å². The normalized spacial score (nSPS) is 15.9. The first-order chi connectivity index (χ1) is 12.9. The summed E-state index contributed by atoms with van der Waals surface area (Å²) in [7, 11) is 0. The van der Waals surface area contributed by atoms with Crippen LogP contribution in [-0.4, -0.2) is 21.6 Å². The van der Waals surface area contributed by atoms with Gasteiger partial charge in [0.25, 0.3) is 0 Å². The summed E-state index contributed by atoms with van der Waals surface area (Å²) >= 11 is 0. The Balaban J connectivity index is 1.99. The lowest BCUT2D eigenvalue weighted by atomic mass is 9.88. The van der Waals surface area contributed by atoms with Crippen LogP contribution >= 0.6 is 0 Å². The fraction of sp³-hybridized carbons (Fsp3) is 0.100. The number of carbonyl (C=O) groups excluding carboxylic acids is 1. The molecular formula is C20H14F2N2O3. The van der Waals surface area contributed by atoms with E-state index < -0.39 is 23.5 Å². The number of halogens is 2. The molecule has 1 aromatic heterocycles. The Morgan fingerprint density at radius 3 is 2.48 bits per heavy atom.